The molecule has 4 heteroatoms. The predicted molar refractivity (Wildman–Crippen MR) is 74.3 cm³/mol. The normalized spacial score (nSPS) is 21.6. The molecule has 1 amide bonds. The Morgan fingerprint density at radius 2 is 1.94 bits per heavy atom. The molecule has 1 atom stereocenters. The number of nitrogens with zero attached hydrogens (tertiary/aromatic N) is 1. The molecule has 0 aliphatic carbocycles. The van der Waals surface area contributed by atoms with Crippen molar-refractivity contribution >= 4 is 18.3 Å². The minimum absolute atomic E-state index is 0. The highest BCUT2D eigenvalue weighted by atomic mass is 35.5. The molecule has 1 aliphatic rings. The molecular formula is C13H27ClN2O. The van der Waals surface area contributed by atoms with Gasteiger partial charge in [0.1, 0.15) is 0 Å². The third kappa shape index (κ3) is 5.26. The number of carbonyl (C=O) groups excluding carboxylic acids is 1. The molecule has 1 fully saturated rings. The lowest BCUT2D eigenvalue weighted by Crippen LogP contribution is -2.33. The number of hydrogen-bond donors (Lipinski definition) is 1. The zero-order valence-electron chi connectivity index (χ0n) is 11.4. The summed E-state index contributed by atoms with van der Waals surface area (Å²) in [5.41, 5.74) is 5.79. The highest BCUT2D eigenvalue weighted by molar-refractivity contribution is 5.85. The number of nitrogens with two attached hydrogens (primary N) is 1. The highest BCUT2D eigenvalue weighted by Crippen LogP contribution is 2.34. The first kappa shape index (κ1) is 16.7. The summed E-state index contributed by atoms with van der Waals surface area (Å²) in [6.07, 6.45) is 4.02. The van der Waals surface area contributed by atoms with Crippen molar-refractivity contribution in [2.45, 2.75) is 46.5 Å². The SMILES string of the molecule is CC(C)(C)C1CCCN(C(=O)CCN)CC1.Cl. The van der Waals surface area contributed by atoms with Gasteiger partial charge in [-0.3, -0.25) is 4.79 Å². The van der Waals surface area contributed by atoms with Crippen LogP contribution < -0.4 is 5.73 Å². The van der Waals surface area contributed by atoms with Gasteiger partial charge in [0.25, 0.3) is 0 Å². The van der Waals surface area contributed by atoms with Crippen molar-refractivity contribution in [3.05, 3.63) is 0 Å². The topological polar surface area (TPSA) is 46.3 Å². The molecule has 3 nitrogen and oxygen atoms in total. The summed E-state index contributed by atoms with van der Waals surface area (Å²) in [5, 5.41) is 0. The van der Waals surface area contributed by atoms with Crippen LogP contribution in [0.1, 0.15) is 46.5 Å². The Labute approximate surface area is 112 Å². The van der Waals surface area contributed by atoms with Gasteiger partial charge in [-0.05, 0) is 30.6 Å². The van der Waals surface area contributed by atoms with Gasteiger partial charge in [0, 0.05) is 26.1 Å². The van der Waals surface area contributed by atoms with E-state index in [4.69, 9.17) is 5.73 Å². The van der Waals surface area contributed by atoms with Crippen LogP contribution in [0, 0.1) is 11.3 Å². The first-order chi connectivity index (χ1) is 7.45. The molecular weight excluding hydrogens is 236 g/mol. The Kier molecular flexibility index (Phi) is 7.10. The molecule has 2 N–H and O–H groups in total. The maximum Gasteiger partial charge on any atom is 0.223 e. The number of rotatable bonds is 2. The molecule has 1 rings (SSSR count). The van der Waals surface area contributed by atoms with Gasteiger partial charge < -0.3 is 10.6 Å². The van der Waals surface area contributed by atoms with E-state index in [0.717, 1.165) is 31.8 Å². The molecule has 0 aromatic heterocycles. The summed E-state index contributed by atoms with van der Waals surface area (Å²) in [6, 6.07) is 0. The summed E-state index contributed by atoms with van der Waals surface area (Å²) < 4.78 is 0. The van der Waals surface area contributed by atoms with Crippen LogP contribution in [0.2, 0.25) is 0 Å². The summed E-state index contributed by atoms with van der Waals surface area (Å²) in [7, 11) is 0. The van der Waals surface area contributed by atoms with Gasteiger partial charge in [0.2, 0.25) is 5.91 Å². The number of halogens is 1. The van der Waals surface area contributed by atoms with Crippen molar-refractivity contribution in [2.24, 2.45) is 17.1 Å². The van der Waals surface area contributed by atoms with Gasteiger partial charge in [-0.2, -0.15) is 0 Å². The van der Waals surface area contributed by atoms with Gasteiger partial charge >= 0.3 is 0 Å². The zero-order valence-corrected chi connectivity index (χ0v) is 12.2. The molecule has 1 aliphatic heterocycles. The van der Waals surface area contributed by atoms with E-state index in [1.54, 1.807) is 0 Å². The smallest absolute Gasteiger partial charge is 0.223 e. The third-order valence-electron chi connectivity index (χ3n) is 3.66. The maximum absolute atomic E-state index is 11.8. The molecule has 1 heterocycles. The van der Waals surface area contributed by atoms with E-state index in [-0.39, 0.29) is 18.3 Å². The minimum Gasteiger partial charge on any atom is -0.343 e. The lowest BCUT2D eigenvalue weighted by atomic mass is 9.77. The summed E-state index contributed by atoms with van der Waals surface area (Å²) >= 11 is 0. The van der Waals surface area contributed by atoms with Crippen LogP contribution in [0.5, 0.6) is 0 Å². The van der Waals surface area contributed by atoms with Crippen molar-refractivity contribution in [1.82, 2.24) is 4.90 Å². The molecule has 0 aromatic carbocycles. The Hall–Kier alpha value is -0.280. The molecule has 0 aromatic rings. The number of hydrogen-bond acceptors (Lipinski definition) is 2. The van der Waals surface area contributed by atoms with E-state index in [0.29, 0.717) is 18.4 Å². The molecule has 0 bridgehead atoms. The molecule has 1 unspecified atom stereocenters. The van der Waals surface area contributed by atoms with Crippen molar-refractivity contribution in [3.8, 4) is 0 Å². The Morgan fingerprint density at radius 3 is 2.47 bits per heavy atom. The fourth-order valence-electron chi connectivity index (χ4n) is 2.49. The van der Waals surface area contributed by atoms with Crippen molar-refractivity contribution in [1.29, 1.82) is 0 Å². The fraction of sp³-hybridized carbons (Fsp3) is 0.923. The van der Waals surface area contributed by atoms with E-state index in [2.05, 4.69) is 20.8 Å². The first-order valence-corrected chi connectivity index (χ1v) is 6.43. The maximum atomic E-state index is 11.8. The van der Waals surface area contributed by atoms with Crippen molar-refractivity contribution in [2.75, 3.05) is 19.6 Å². The van der Waals surface area contributed by atoms with Gasteiger partial charge in [0.05, 0.1) is 0 Å². The second-order valence-corrected chi connectivity index (χ2v) is 5.91. The van der Waals surface area contributed by atoms with Crippen LogP contribution >= 0.6 is 12.4 Å². The first-order valence-electron chi connectivity index (χ1n) is 6.43. The van der Waals surface area contributed by atoms with Crippen LogP contribution in [-0.2, 0) is 4.79 Å². The second-order valence-electron chi connectivity index (χ2n) is 5.91. The highest BCUT2D eigenvalue weighted by Gasteiger charge is 2.28. The van der Waals surface area contributed by atoms with E-state index in [9.17, 15) is 4.79 Å². The fourth-order valence-corrected chi connectivity index (χ4v) is 2.49. The molecule has 0 radical (unpaired) electrons. The summed E-state index contributed by atoms with van der Waals surface area (Å²) in [5.74, 6) is 0.972. The average molecular weight is 263 g/mol. The molecule has 0 spiro atoms. The Balaban J connectivity index is 0.00000256. The molecule has 1 saturated heterocycles. The van der Waals surface area contributed by atoms with Crippen LogP contribution in [0.4, 0.5) is 0 Å². The van der Waals surface area contributed by atoms with E-state index < -0.39 is 0 Å². The van der Waals surface area contributed by atoms with Gasteiger partial charge in [-0.1, -0.05) is 20.8 Å². The molecule has 0 saturated carbocycles. The summed E-state index contributed by atoms with van der Waals surface area (Å²) in [4.78, 5) is 13.8. The van der Waals surface area contributed by atoms with Gasteiger partial charge in [-0.15, -0.1) is 12.4 Å². The van der Waals surface area contributed by atoms with E-state index in [1.165, 1.54) is 6.42 Å². The lowest BCUT2D eigenvalue weighted by molar-refractivity contribution is -0.131. The van der Waals surface area contributed by atoms with Crippen LogP contribution in [0.25, 0.3) is 0 Å². The van der Waals surface area contributed by atoms with E-state index in [1.807, 2.05) is 4.90 Å². The predicted octanol–water partition coefficient (Wildman–Crippen LogP) is 2.43. The zero-order chi connectivity index (χ0) is 12.2. The second kappa shape index (κ2) is 7.22. The lowest BCUT2D eigenvalue weighted by Gasteiger charge is -2.29. The van der Waals surface area contributed by atoms with Gasteiger partial charge in [-0.25, -0.2) is 0 Å². The largest absolute Gasteiger partial charge is 0.343 e. The summed E-state index contributed by atoms with van der Waals surface area (Å²) in [6.45, 7) is 9.21. The number of carbonyl (C=O) groups is 1. The van der Waals surface area contributed by atoms with Crippen molar-refractivity contribution < 1.29 is 4.79 Å². The average Bonchev–Trinajstić information content (AvgIpc) is 2.41. The Bertz CT molecular complexity index is 238. The molecule has 102 valence electrons. The number of amides is 1. The van der Waals surface area contributed by atoms with Crippen LogP contribution in [0.3, 0.4) is 0 Å². The third-order valence-corrected chi connectivity index (χ3v) is 3.66. The number of likely N-dealkylation sites (tertiary alicyclic amines) is 1. The monoisotopic (exact) mass is 262 g/mol. The van der Waals surface area contributed by atoms with Gasteiger partial charge in [0.15, 0.2) is 0 Å². The Morgan fingerprint density at radius 1 is 1.29 bits per heavy atom. The quantitative estimate of drug-likeness (QED) is 0.831. The standard InChI is InChI=1S/C13H26N2O.ClH/c1-13(2,3)11-5-4-9-15(10-7-11)12(16)6-8-14;/h11H,4-10,14H2,1-3H3;1H. The van der Waals surface area contributed by atoms with E-state index >= 15 is 0 Å². The van der Waals surface area contributed by atoms with Crippen molar-refractivity contribution in [3.63, 3.8) is 0 Å². The van der Waals surface area contributed by atoms with Crippen LogP contribution in [-0.4, -0.2) is 30.4 Å². The van der Waals surface area contributed by atoms with Crippen LogP contribution in [0.15, 0.2) is 0 Å². The minimum atomic E-state index is 0. The molecule has 17 heavy (non-hydrogen) atoms.